The lowest BCUT2D eigenvalue weighted by molar-refractivity contribution is 0.0634. The van der Waals surface area contributed by atoms with Gasteiger partial charge in [0.2, 0.25) is 0 Å². The fourth-order valence-corrected chi connectivity index (χ4v) is 2.42. The van der Waals surface area contributed by atoms with Crippen LogP contribution in [0.2, 0.25) is 5.02 Å². The van der Waals surface area contributed by atoms with E-state index in [0.29, 0.717) is 16.8 Å². The normalized spacial score (nSPS) is 11.0. The second kappa shape index (κ2) is 6.93. The Morgan fingerprint density at radius 1 is 1.12 bits per heavy atom. The van der Waals surface area contributed by atoms with Gasteiger partial charge in [-0.1, -0.05) is 35.9 Å². The number of amides is 1. The fraction of sp³-hybridized carbons (Fsp3) is 0.222. The number of ether oxygens (including phenoxy) is 1. The molecule has 2 aromatic rings. The second-order valence-corrected chi connectivity index (χ2v) is 6.58. The van der Waals surface area contributed by atoms with Crippen molar-refractivity contribution in [2.75, 3.05) is 5.32 Å². The van der Waals surface area contributed by atoms with E-state index in [1.54, 1.807) is 57.2 Å². The van der Waals surface area contributed by atoms with Crippen LogP contribution < -0.4 is 5.32 Å². The van der Waals surface area contributed by atoms with Gasteiger partial charge in [-0.2, -0.15) is 0 Å². The van der Waals surface area contributed by atoms with E-state index in [1.165, 1.54) is 6.07 Å². The van der Waals surface area contributed by atoms with Crippen LogP contribution >= 0.6 is 11.6 Å². The van der Waals surface area contributed by atoms with Crippen LogP contribution in [0, 0.1) is 0 Å². The van der Waals surface area contributed by atoms with Crippen LogP contribution in [-0.2, 0) is 4.74 Å². The van der Waals surface area contributed by atoms with Crippen LogP contribution in [0.3, 0.4) is 0 Å². The van der Waals surface area contributed by atoms with Crippen molar-refractivity contribution < 1.29 is 19.4 Å². The van der Waals surface area contributed by atoms with Crippen LogP contribution in [0.4, 0.5) is 10.5 Å². The molecule has 0 saturated carbocycles. The standard InChI is InChI=1S/C18H18ClNO4/c1-18(2,3)24-17(23)20-12-7-4-6-11(10-12)13-8-5-9-14(19)15(13)16(21)22/h4-10H,1-3H3,(H,20,23)(H,21,22). The van der Waals surface area contributed by atoms with Crippen LogP contribution in [0.15, 0.2) is 42.5 Å². The average molecular weight is 348 g/mol. The van der Waals surface area contributed by atoms with Gasteiger partial charge in [0.05, 0.1) is 10.6 Å². The SMILES string of the molecule is CC(C)(C)OC(=O)Nc1cccc(-c2cccc(Cl)c2C(=O)O)c1. The van der Waals surface area contributed by atoms with Gasteiger partial charge in [0, 0.05) is 5.69 Å². The quantitative estimate of drug-likeness (QED) is 0.814. The first-order valence-electron chi connectivity index (χ1n) is 7.29. The molecule has 5 nitrogen and oxygen atoms in total. The molecule has 0 aliphatic heterocycles. The van der Waals surface area contributed by atoms with E-state index >= 15 is 0 Å². The summed E-state index contributed by atoms with van der Waals surface area (Å²) in [5.41, 5.74) is 1.02. The third kappa shape index (κ3) is 4.49. The third-order valence-electron chi connectivity index (χ3n) is 3.05. The Bertz CT molecular complexity index is 781. The van der Waals surface area contributed by atoms with Gasteiger partial charge in [0.1, 0.15) is 5.60 Å². The van der Waals surface area contributed by atoms with Crippen molar-refractivity contribution in [1.29, 1.82) is 0 Å². The molecule has 2 aromatic carbocycles. The monoisotopic (exact) mass is 347 g/mol. The Kier molecular flexibility index (Phi) is 5.14. The Labute approximate surface area is 145 Å². The molecule has 6 heteroatoms. The number of carboxylic acid groups (broad SMARTS) is 1. The summed E-state index contributed by atoms with van der Waals surface area (Å²) in [6, 6.07) is 11.7. The number of carbonyl (C=O) groups excluding carboxylic acids is 1. The summed E-state index contributed by atoms with van der Waals surface area (Å²) in [6.45, 7) is 5.32. The van der Waals surface area contributed by atoms with Gasteiger partial charge < -0.3 is 9.84 Å². The molecule has 126 valence electrons. The largest absolute Gasteiger partial charge is 0.478 e. The van der Waals surface area contributed by atoms with Crippen molar-refractivity contribution in [3.63, 3.8) is 0 Å². The van der Waals surface area contributed by atoms with E-state index in [0.717, 1.165) is 0 Å². The highest BCUT2D eigenvalue weighted by Gasteiger charge is 2.18. The zero-order valence-corrected chi connectivity index (χ0v) is 14.3. The first kappa shape index (κ1) is 17.8. The molecule has 0 aliphatic rings. The zero-order valence-electron chi connectivity index (χ0n) is 13.6. The third-order valence-corrected chi connectivity index (χ3v) is 3.36. The highest BCUT2D eigenvalue weighted by molar-refractivity contribution is 6.34. The maximum Gasteiger partial charge on any atom is 0.412 e. The average Bonchev–Trinajstić information content (AvgIpc) is 2.44. The minimum Gasteiger partial charge on any atom is -0.478 e. The van der Waals surface area contributed by atoms with Gasteiger partial charge in [-0.3, -0.25) is 5.32 Å². The number of anilines is 1. The van der Waals surface area contributed by atoms with Crippen LogP contribution in [0.5, 0.6) is 0 Å². The molecule has 24 heavy (non-hydrogen) atoms. The van der Waals surface area contributed by atoms with Crippen molar-refractivity contribution >= 4 is 29.4 Å². The predicted octanol–water partition coefficient (Wildman–Crippen LogP) is 5.05. The van der Waals surface area contributed by atoms with Crippen molar-refractivity contribution in [3.8, 4) is 11.1 Å². The van der Waals surface area contributed by atoms with Crippen molar-refractivity contribution in [2.24, 2.45) is 0 Å². The highest BCUT2D eigenvalue weighted by atomic mass is 35.5. The molecule has 0 fully saturated rings. The van der Waals surface area contributed by atoms with Crippen molar-refractivity contribution in [3.05, 3.63) is 53.1 Å². The first-order chi connectivity index (χ1) is 11.2. The molecule has 0 radical (unpaired) electrons. The highest BCUT2D eigenvalue weighted by Crippen LogP contribution is 2.30. The van der Waals surface area contributed by atoms with Gasteiger partial charge in [0.15, 0.2) is 0 Å². The number of aromatic carboxylic acids is 1. The summed E-state index contributed by atoms with van der Waals surface area (Å²) < 4.78 is 5.20. The van der Waals surface area contributed by atoms with Crippen molar-refractivity contribution in [2.45, 2.75) is 26.4 Å². The molecule has 0 heterocycles. The summed E-state index contributed by atoms with van der Waals surface area (Å²) in [5, 5.41) is 12.2. The minimum atomic E-state index is -1.11. The molecular formula is C18H18ClNO4. The maximum atomic E-state index is 11.9. The summed E-state index contributed by atoms with van der Waals surface area (Å²) in [4.78, 5) is 23.3. The number of carboxylic acids is 1. The first-order valence-corrected chi connectivity index (χ1v) is 7.67. The van der Waals surface area contributed by atoms with Crippen molar-refractivity contribution in [1.82, 2.24) is 0 Å². The minimum absolute atomic E-state index is 0.0218. The second-order valence-electron chi connectivity index (χ2n) is 6.18. The van der Waals surface area contributed by atoms with E-state index in [9.17, 15) is 14.7 Å². The van der Waals surface area contributed by atoms with Gasteiger partial charge in [-0.25, -0.2) is 9.59 Å². The van der Waals surface area contributed by atoms with E-state index in [4.69, 9.17) is 16.3 Å². The van der Waals surface area contributed by atoms with Crippen LogP contribution in [-0.4, -0.2) is 22.8 Å². The number of hydrogen-bond acceptors (Lipinski definition) is 3. The molecule has 0 saturated heterocycles. The number of rotatable bonds is 3. The summed E-state index contributed by atoms with van der Waals surface area (Å²) in [6.07, 6.45) is -0.579. The number of carbonyl (C=O) groups is 2. The van der Waals surface area contributed by atoms with E-state index in [2.05, 4.69) is 5.32 Å². The molecule has 0 unspecified atom stereocenters. The Balaban J connectivity index is 2.34. The molecule has 0 aromatic heterocycles. The summed E-state index contributed by atoms with van der Waals surface area (Å²) >= 11 is 6.00. The zero-order chi connectivity index (χ0) is 17.9. The molecule has 0 aliphatic carbocycles. The summed E-state index contributed by atoms with van der Waals surface area (Å²) in [5.74, 6) is -1.11. The van der Waals surface area contributed by atoms with Gasteiger partial charge in [-0.15, -0.1) is 0 Å². The number of hydrogen-bond donors (Lipinski definition) is 2. The Hall–Kier alpha value is -2.53. The lowest BCUT2D eigenvalue weighted by atomic mass is 9.99. The van der Waals surface area contributed by atoms with E-state index < -0.39 is 17.7 Å². The summed E-state index contributed by atoms with van der Waals surface area (Å²) in [7, 11) is 0. The predicted molar refractivity (Wildman–Crippen MR) is 93.7 cm³/mol. The van der Waals surface area contributed by atoms with Crippen LogP contribution in [0.1, 0.15) is 31.1 Å². The number of halogens is 1. The Morgan fingerprint density at radius 3 is 2.42 bits per heavy atom. The van der Waals surface area contributed by atoms with Crippen LogP contribution in [0.25, 0.3) is 11.1 Å². The van der Waals surface area contributed by atoms with Gasteiger partial charge in [-0.05, 0) is 50.1 Å². The smallest absolute Gasteiger partial charge is 0.412 e. The topological polar surface area (TPSA) is 75.6 Å². The lowest BCUT2D eigenvalue weighted by Gasteiger charge is -2.19. The maximum absolute atomic E-state index is 11.9. The molecule has 2 rings (SSSR count). The Morgan fingerprint density at radius 2 is 1.79 bits per heavy atom. The number of nitrogens with one attached hydrogen (secondary N) is 1. The van der Waals surface area contributed by atoms with E-state index in [-0.39, 0.29) is 10.6 Å². The molecular weight excluding hydrogens is 330 g/mol. The van der Waals surface area contributed by atoms with E-state index in [1.807, 2.05) is 0 Å². The van der Waals surface area contributed by atoms with Gasteiger partial charge >= 0.3 is 12.1 Å². The molecule has 0 spiro atoms. The molecule has 1 amide bonds. The van der Waals surface area contributed by atoms with Gasteiger partial charge in [0.25, 0.3) is 0 Å². The lowest BCUT2D eigenvalue weighted by Crippen LogP contribution is -2.27. The molecule has 2 N–H and O–H groups in total. The molecule has 0 atom stereocenters. The molecule has 0 bridgehead atoms. The number of benzene rings is 2. The fourth-order valence-electron chi connectivity index (χ4n) is 2.17.